The second-order valence-electron chi connectivity index (χ2n) is 4.66. The van der Waals surface area contributed by atoms with Gasteiger partial charge in [-0.25, -0.2) is 9.82 Å². The zero-order chi connectivity index (χ0) is 14.0. The maximum Gasteiger partial charge on any atom is 0.123 e. The Hall–Kier alpha value is -1.91. The fourth-order valence-corrected chi connectivity index (χ4v) is 2.23. The lowest BCUT2D eigenvalue weighted by atomic mass is 9.92. The first-order valence-corrected chi connectivity index (χ1v) is 6.11. The van der Waals surface area contributed by atoms with Gasteiger partial charge in [-0.3, -0.25) is 5.84 Å². The van der Waals surface area contributed by atoms with Crippen LogP contribution in [0.1, 0.15) is 28.3 Å². The fourth-order valence-electron chi connectivity index (χ4n) is 2.23. The molecule has 0 radical (unpaired) electrons. The summed E-state index contributed by atoms with van der Waals surface area (Å²) in [6, 6.07) is 9.95. The van der Waals surface area contributed by atoms with E-state index in [2.05, 4.69) is 5.43 Å². The Morgan fingerprint density at radius 2 is 1.84 bits per heavy atom. The Labute approximate surface area is 112 Å². The Kier molecular flexibility index (Phi) is 3.83. The summed E-state index contributed by atoms with van der Waals surface area (Å²) in [6.07, 6.45) is 0. The van der Waals surface area contributed by atoms with Gasteiger partial charge in [0, 0.05) is 11.3 Å². The first kappa shape index (κ1) is 13.5. The summed E-state index contributed by atoms with van der Waals surface area (Å²) in [5.41, 5.74) is 13.1. The van der Waals surface area contributed by atoms with Gasteiger partial charge in [0.2, 0.25) is 0 Å². The molecule has 4 heteroatoms. The van der Waals surface area contributed by atoms with Crippen LogP contribution in [-0.2, 0) is 0 Å². The molecule has 0 fully saturated rings. The summed E-state index contributed by atoms with van der Waals surface area (Å²) in [6.45, 7) is 4.05. The zero-order valence-corrected chi connectivity index (χ0v) is 11.1. The Balaban J connectivity index is 2.56. The highest BCUT2D eigenvalue weighted by atomic mass is 19.1. The fraction of sp³-hybridized carbons (Fsp3) is 0.200. The minimum absolute atomic E-state index is 0.324. The molecule has 2 rings (SSSR count). The molecule has 0 aliphatic heterocycles. The predicted molar refractivity (Wildman–Crippen MR) is 75.9 cm³/mol. The summed E-state index contributed by atoms with van der Waals surface area (Å²) in [5, 5.41) is 0. The van der Waals surface area contributed by atoms with Crippen LogP contribution in [0.4, 0.5) is 10.1 Å². The summed E-state index contributed by atoms with van der Waals surface area (Å²) in [4.78, 5) is 0. The highest BCUT2D eigenvalue weighted by molar-refractivity contribution is 5.53. The van der Waals surface area contributed by atoms with E-state index in [1.807, 2.05) is 32.0 Å². The normalized spacial score (nSPS) is 12.4. The number of halogens is 1. The van der Waals surface area contributed by atoms with Crippen LogP contribution in [0.15, 0.2) is 36.4 Å². The largest absolute Gasteiger partial charge is 0.398 e. The molecule has 0 aliphatic carbocycles. The molecule has 3 nitrogen and oxygen atoms in total. The lowest BCUT2D eigenvalue weighted by Crippen LogP contribution is -2.30. The molecule has 0 saturated carbocycles. The molecule has 0 spiro atoms. The molecule has 100 valence electrons. The first-order valence-electron chi connectivity index (χ1n) is 6.11. The van der Waals surface area contributed by atoms with Crippen LogP contribution in [0.5, 0.6) is 0 Å². The summed E-state index contributed by atoms with van der Waals surface area (Å²) >= 11 is 0. The van der Waals surface area contributed by atoms with E-state index in [4.69, 9.17) is 11.6 Å². The number of hydrogen-bond donors (Lipinski definition) is 3. The van der Waals surface area contributed by atoms with Crippen LogP contribution in [0.25, 0.3) is 0 Å². The van der Waals surface area contributed by atoms with Gasteiger partial charge < -0.3 is 5.73 Å². The molecule has 19 heavy (non-hydrogen) atoms. The lowest BCUT2D eigenvalue weighted by Gasteiger charge is -2.21. The second kappa shape index (κ2) is 5.38. The SMILES string of the molecule is Cc1cccc(C(NN)c2cc(F)ccc2N)c1C. The van der Waals surface area contributed by atoms with Crippen molar-refractivity contribution in [2.24, 2.45) is 5.84 Å². The van der Waals surface area contributed by atoms with E-state index in [1.54, 1.807) is 6.07 Å². The van der Waals surface area contributed by atoms with Gasteiger partial charge in [-0.2, -0.15) is 0 Å². The number of aryl methyl sites for hydroxylation is 1. The minimum atomic E-state index is -0.324. The van der Waals surface area contributed by atoms with E-state index >= 15 is 0 Å². The van der Waals surface area contributed by atoms with Gasteiger partial charge in [-0.15, -0.1) is 0 Å². The molecule has 0 amide bonds. The van der Waals surface area contributed by atoms with Crippen molar-refractivity contribution in [2.45, 2.75) is 19.9 Å². The van der Waals surface area contributed by atoms with E-state index in [-0.39, 0.29) is 11.9 Å². The molecule has 0 aromatic heterocycles. The van der Waals surface area contributed by atoms with Crippen molar-refractivity contribution in [1.29, 1.82) is 0 Å². The molecule has 1 atom stereocenters. The molecule has 0 saturated heterocycles. The van der Waals surface area contributed by atoms with Gasteiger partial charge >= 0.3 is 0 Å². The zero-order valence-electron chi connectivity index (χ0n) is 11.1. The Morgan fingerprint density at radius 1 is 1.11 bits per heavy atom. The molecule has 5 N–H and O–H groups in total. The third kappa shape index (κ3) is 2.59. The van der Waals surface area contributed by atoms with E-state index in [0.717, 1.165) is 16.7 Å². The molecule has 2 aromatic rings. The van der Waals surface area contributed by atoms with Crippen LogP contribution in [0.3, 0.4) is 0 Å². The van der Waals surface area contributed by atoms with Gasteiger partial charge in [0.15, 0.2) is 0 Å². The van der Waals surface area contributed by atoms with Gasteiger partial charge in [0.1, 0.15) is 5.82 Å². The summed E-state index contributed by atoms with van der Waals surface area (Å²) in [7, 11) is 0. The second-order valence-corrected chi connectivity index (χ2v) is 4.66. The predicted octanol–water partition coefficient (Wildman–Crippen LogP) is 2.58. The van der Waals surface area contributed by atoms with Crippen molar-refractivity contribution in [2.75, 3.05) is 5.73 Å². The smallest absolute Gasteiger partial charge is 0.123 e. The number of nitrogen functional groups attached to an aromatic ring is 1. The van der Waals surface area contributed by atoms with Gasteiger partial charge in [-0.05, 0) is 48.7 Å². The van der Waals surface area contributed by atoms with Crippen LogP contribution in [-0.4, -0.2) is 0 Å². The van der Waals surface area contributed by atoms with E-state index < -0.39 is 0 Å². The first-order chi connectivity index (χ1) is 9.04. The van der Waals surface area contributed by atoms with Crippen molar-refractivity contribution < 1.29 is 4.39 Å². The van der Waals surface area contributed by atoms with Gasteiger partial charge in [-0.1, -0.05) is 18.2 Å². The Bertz CT molecular complexity index is 594. The average molecular weight is 259 g/mol. The number of nitrogens with one attached hydrogen (secondary N) is 1. The number of benzene rings is 2. The molecule has 2 aromatic carbocycles. The van der Waals surface area contributed by atoms with Crippen LogP contribution < -0.4 is 17.0 Å². The number of nitrogens with two attached hydrogens (primary N) is 2. The molecule has 0 aliphatic rings. The minimum Gasteiger partial charge on any atom is -0.398 e. The number of hydrogen-bond acceptors (Lipinski definition) is 3. The summed E-state index contributed by atoms with van der Waals surface area (Å²) in [5.74, 6) is 5.32. The van der Waals surface area contributed by atoms with E-state index in [1.165, 1.54) is 12.1 Å². The highest BCUT2D eigenvalue weighted by Crippen LogP contribution is 2.29. The summed E-state index contributed by atoms with van der Waals surface area (Å²) < 4.78 is 13.4. The van der Waals surface area contributed by atoms with E-state index in [9.17, 15) is 4.39 Å². The van der Waals surface area contributed by atoms with Crippen LogP contribution in [0, 0.1) is 19.7 Å². The molecular weight excluding hydrogens is 241 g/mol. The van der Waals surface area contributed by atoms with Crippen LogP contribution in [0.2, 0.25) is 0 Å². The molecule has 1 unspecified atom stereocenters. The number of hydrazine groups is 1. The lowest BCUT2D eigenvalue weighted by molar-refractivity contribution is 0.605. The molecule has 0 bridgehead atoms. The average Bonchev–Trinajstić information content (AvgIpc) is 2.39. The molecule has 0 heterocycles. The van der Waals surface area contributed by atoms with Crippen molar-refractivity contribution in [1.82, 2.24) is 5.43 Å². The quantitative estimate of drug-likeness (QED) is 0.451. The highest BCUT2D eigenvalue weighted by Gasteiger charge is 2.18. The maximum atomic E-state index is 13.4. The standard InChI is InChI=1S/C15H18FN3/c1-9-4-3-5-12(10(9)2)15(19-18)13-8-11(16)6-7-14(13)17/h3-8,15,19H,17-18H2,1-2H3. The third-order valence-corrected chi connectivity index (χ3v) is 3.48. The third-order valence-electron chi connectivity index (χ3n) is 3.48. The number of anilines is 1. The topological polar surface area (TPSA) is 64.1 Å². The Morgan fingerprint density at radius 3 is 2.53 bits per heavy atom. The van der Waals surface area contributed by atoms with Gasteiger partial charge in [0.05, 0.1) is 6.04 Å². The van der Waals surface area contributed by atoms with Crippen molar-refractivity contribution >= 4 is 5.69 Å². The molecular formula is C15H18FN3. The number of rotatable bonds is 3. The van der Waals surface area contributed by atoms with E-state index in [0.29, 0.717) is 11.3 Å². The monoisotopic (exact) mass is 259 g/mol. The van der Waals surface area contributed by atoms with Crippen molar-refractivity contribution in [3.63, 3.8) is 0 Å². The van der Waals surface area contributed by atoms with Crippen molar-refractivity contribution in [3.05, 3.63) is 64.5 Å². The van der Waals surface area contributed by atoms with Crippen LogP contribution >= 0.6 is 0 Å². The van der Waals surface area contributed by atoms with Crippen molar-refractivity contribution in [3.8, 4) is 0 Å². The van der Waals surface area contributed by atoms with Gasteiger partial charge in [0.25, 0.3) is 0 Å². The maximum absolute atomic E-state index is 13.4.